The van der Waals surface area contributed by atoms with Gasteiger partial charge in [0.15, 0.2) is 12.6 Å². The van der Waals surface area contributed by atoms with E-state index >= 15 is 0 Å². The van der Waals surface area contributed by atoms with Crippen molar-refractivity contribution in [2.24, 2.45) is 51.2 Å². The van der Waals surface area contributed by atoms with E-state index < -0.39 is 97.2 Å². The van der Waals surface area contributed by atoms with Gasteiger partial charge in [-0.3, -0.25) is 0 Å². The van der Waals surface area contributed by atoms with Gasteiger partial charge in [-0.05, 0) is 78.9 Å². The van der Waals surface area contributed by atoms with Crippen molar-refractivity contribution in [1.82, 2.24) is 0 Å². The summed E-state index contributed by atoms with van der Waals surface area (Å²) in [5.41, 5.74) is -1.89. The number of aliphatic hydroxyl groups is 7. The molecule has 0 aromatic heterocycles. The Kier molecular flexibility index (Phi) is 12.5. The zero-order chi connectivity index (χ0) is 39.7. The summed E-state index contributed by atoms with van der Waals surface area (Å²) in [7, 11) is 2.90. The van der Waals surface area contributed by atoms with Crippen molar-refractivity contribution < 1.29 is 64.2 Å². The third kappa shape index (κ3) is 6.48. The van der Waals surface area contributed by atoms with Crippen molar-refractivity contribution >= 4 is 0 Å². The Balaban J connectivity index is 1.19. The molecule has 2 heterocycles. The van der Waals surface area contributed by atoms with Gasteiger partial charge in [0, 0.05) is 25.0 Å². The Morgan fingerprint density at radius 3 is 2.06 bits per heavy atom. The molecule has 0 bridgehead atoms. The topological polar surface area (TPSA) is 197 Å². The van der Waals surface area contributed by atoms with Crippen LogP contribution in [0, 0.1) is 51.2 Å². The van der Waals surface area contributed by atoms with Crippen LogP contribution in [0.1, 0.15) is 87.0 Å². The standard InChI is InChI=1S/C41H70O13/c1-20(2)26(52-37-34(31(46)27(18-42)53-37)54-36-33(50-9)32(47)28(49-8)19-51-36)11-10-21(3)23-16-29(44)40(6)24-17-30(45)41(7)35(48)25(43)13-15-38(41,4)22(24)12-14-39(23,40)5/h10-11,20-37,42-48H,12-19H2,1-9H3/b11-10+/t21-,22?,23-,24-,25+,26+,27-,28-,29-,30+,31+,32+,33-,34-,35+,36+,37-,38-,39-,40-,41+/m1/s1. The highest BCUT2D eigenvalue weighted by molar-refractivity contribution is 5.22. The van der Waals surface area contributed by atoms with Crippen LogP contribution in [-0.2, 0) is 28.4 Å². The molecule has 312 valence electrons. The zero-order valence-electron chi connectivity index (χ0n) is 33.8. The van der Waals surface area contributed by atoms with E-state index in [4.69, 9.17) is 28.4 Å². The Bertz CT molecular complexity index is 1320. The van der Waals surface area contributed by atoms with Crippen LogP contribution >= 0.6 is 0 Å². The molecule has 2 aliphatic heterocycles. The predicted octanol–water partition coefficient (Wildman–Crippen LogP) is 2.14. The summed E-state index contributed by atoms with van der Waals surface area (Å²) in [6, 6.07) is 0. The summed E-state index contributed by atoms with van der Waals surface area (Å²) in [5, 5.41) is 77.8. The van der Waals surface area contributed by atoms with Crippen molar-refractivity contribution in [3.63, 3.8) is 0 Å². The number of hydrogen-bond donors (Lipinski definition) is 7. The number of hydrogen-bond acceptors (Lipinski definition) is 13. The van der Waals surface area contributed by atoms with Crippen LogP contribution in [0.4, 0.5) is 0 Å². The van der Waals surface area contributed by atoms with E-state index in [2.05, 4.69) is 33.8 Å². The fourth-order valence-electron chi connectivity index (χ4n) is 12.5. The maximum atomic E-state index is 12.1. The molecule has 13 heteroatoms. The van der Waals surface area contributed by atoms with Gasteiger partial charge in [0.2, 0.25) is 0 Å². The molecule has 13 nitrogen and oxygen atoms in total. The van der Waals surface area contributed by atoms with Crippen LogP contribution < -0.4 is 0 Å². The maximum Gasteiger partial charge on any atom is 0.187 e. The lowest BCUT2D eigenvalue weighted by Crippen LogP contribution is -2.70. The Hall–Kier alpha value is -0.780. The lowest BCUT2D eigenvalue weighted by atomic mass is 9.36. The molecule has 0 aromatic rings. The summed E-state index contributed by atoms with van der Waals surface area (Å²) in [4.78, 5) is 0. The monoisotopic (exact) mass is 770 g/mol. The second-order valence-corrected chi connectivity index (χ2v) is 18.9. The molecule has 4 saturated carbocycles. The first-order chi connectivity index (χ1) is 25.3. The first-order valence-electron chi connectivity index (χ1n) is 20.4. The SMILES string of the molecule is CO[C@H]1[C@H](O[C@H]2[C@H](O[C@@H](/C=C/[C@@H](C)[C@H]3C[C@@H](O)[C@@]4(C)[C@@H]5C[C@H](O)[C@@]6(C)[C@@H](O)[C@@H](O)CC[C@]6(C)C5CC[C@]34C)C(C)C)O[C@H](CO)[C@@H]2O)OC[C@@H](OC)[C@@H]1O. The van der Waals surface area contributed by atoms with Crippen LogP contribution in [0.5, 0.6) is 0 Å². The highest BCUT2D eigenvalue weighted by Gasteiger charge is 2.73. The van der Waals surface area contributed by atoms with Gasteiger partial charge in [0.25, 0.3) is 0 Å². The second-order valence-electron chi connectivity index (χ2n) is 18.9. The van der Waals surface area contributed by atoms with Gasteiger partial charge in [-0.15, -0.1) is 0 Å². The van der Waals surface area contributed by atoms with E-state index in [1.807, 2.05) is 26.8 Å². The third-order valence-electron chi connectivity index (χ3n) is 16.5. The average molecular weight is 771 g/mol. The maximum absolute atomic E-state index is 12.1. The summed E-state index contributed by atoms with van der Waals surface area (Å²) >= 11 is 0. The van der Waals surface area contributed by atoms with Gasteiger partial charge in [0.1, 0.15) is 36.6 Å². The lowest BCUT2D eigenvalue weighted by molar-refractivity contribution is -0.311. The molecule has 54 heavy (non-hydrogen) atoms. The number of aliphatic hydroxyl groups excluding tert-OH is 7. The van der Waals surface area contributed by atoms with E-state index in [9.17, 15) is 35.7 Å². The molecule has 7 N–H and O–H groups in total. The number of fused-ring (bicyclic) bond motifs is 5. The first-order valence-corrected chi connectivity index (χ1v) is 20.4. The second kappa shape index (κ2) is 15.8. The fourth-order valence-corrected chi connectivity index (χ4v) is 12.5. The van der Waals surface area contributed by atoms with E-state index in [0.717, 1.165) is 19.3 Å². The van der Waals surface area contributed by atoms with Crippen molar-refractivity contribution in [3.05, 3.63) is 12.2 Å². The molecular formula is C41H70O13. The van der Waals surface area contributed by atoms with Gasteiger partial charge in [0.05, 0.1) is 43.7 Å². The van der Waals surface area contributed by atoms with Crippen molar-refractivity contribution in [3.8, 4) is 0 Å². The molecule has 0 spiro atoms. The number of rotatable bonds is 11. The highest BCUT2D eigenvalue weighted by atomic mass is 16.8. The van der Waals surface area contributed by atoms with E-state index in [-0.39, 0.29) is 47.0 Å². The van der Waals surface area contributed by atoms with Gasteiger partial charge in [-0.1, -0.05) is 60.6 Å². The van der Waals surface area contributed by atoms with Crippen LogP contribution in [0.3, 0.4) is 0 Å². The molecule has 6 rings (SSSR count). The molecule has 0 aromatic carbocycles. The first kappa shape index (κ1) is 42.8. The van der Waals surface area contributed by atoms with E-state index in [1.165, 1.54) is 14.2 Å². The number of methoxy groups -OCH3 is 2. The average Bonchev–Trinajstić information content (AvgIpc) is 3.55. The van der Waals surface area contributed by atoms with Crippen LogP contribution in [-0.4, -0.2) is 143 Å². The normalized spacial score (nSPS) is 53.3. The molecule has 21 atom stereocenters. The highest BCUT2D eigenvalue weighted by Crippen LogP contribution is 2.75. The number of ether oxygens (including phenoxy) is 6. The fraction of sp³-hybridized carbons (Fsp3) is 0.951. The van der Waals surface area contributed by atoms with Gasteiger partial charge in [-0.2, -0.15) is 0 Å². The third-order valence-corrected chi connectivity index (χ3v) is 16.5. The predicted molar refractivity (Wildman–Crippen MR) is 197 cm³/mol. The van der Waals surface area contributed by atoms with E-state index in [0.29, 0.717) is 19.3 Å². The molecule has 0 radical (unpaired) electrons. The molecule has 4 aliphatic carbocycles. The van der Waals surface area contributed by atoms with Gasteiger partial charge < -0.3 is 64.2 Å². The summed E-state index contributed by atoms with van der Waals surface area (Å²) in [5.74, 6) is 0.472. The summed E-state index contributed by atoms with van der Waals surface area (Å²) < 4.78 is 35.4. The van der Waals surface area contributed by atoms with Crippen LogP contribution in [0.15, 0.2) is 12.2 Å². The molecular weight excluding hydrogens is 700 g/mol. The Labute approximate surface area is 321 Å². The van der Waals surface area contributed by atoms with Gasteiger partial charge >= 0.3 is 0 Å². The molecule has 1 unspecified atom stereocenters. The quantitative estimate of drug-likeness (QED) is 0.151. The number of allylic oxidation sites excluding steroid dienone is 1. The van der Waals surface area contributed by atoms with Gasteiger partial charge in [-0.25, -0.2) is 0 Å². The van der Waals surface area contributed by atoms with Crippen LogP contribution in [0.25, 0.3) is 0 Å². The van der Waals surface area contributed by atoms with Crippen molar-refractivity contribution in [2.75, 3.05) is 27.4 Å². The molecule has 0 amide bonds. The summed E-state index contributed by atoms with van der Waals surface area (Å²) in [6.45, 7) is 14.6. The zero-order valence-corrected chi connectivity index (χ0v) is 33.8. The molecule has 2 saturated heterocycles. The van der Waals surface area contributed by atoms with E-state index in [1.54, 1.807) is 0 Å². The van der Waals surface area contributed by atoms with Crippen molar-refractivity contribution in [2.45, 2.75) is 167 Å². The minimum atomic E-state index is -1.23. The smallest absolute Gasteiger partial charge is 0.187 e. The lowest BCUT2D eigenvalue weighted by Gasteiger charge is -2.70. The summed E-state index contributed by atoms with van der Waals surface area (Å²) in [6.07, 6.45) is -3.18. The molecule has 6 fully saturated rings. The Morgan fingerprint density at radius 1 is 0.759 bits per heavy atom. The van der Waals surface area contributed by atoms with Crippen molar-refractivity contribution in [1.29, 1.82) is 0 Å². The minimum absolute atomic E-state index is 0.00133. The van der Waals surface area contributed by atoms with Crippen LogP contribution in [0.2, 0.25) is 0 Å². The minimum Gasteiger partial charge on any atom is -0.394 e. The molecule has 6 aliphatic rings. The Morgan fingerprint density at radius 2 is 1.43 bits per heavy atom. The largest absolute Gasteiger partial charge is 0.394 e.